The zero-order chi connectivity index (χ0) is 26.6. The van der Waals surface area contributed by atoms with E-state index in [1.807, 2.05) is 39.5 Å². The lowest BCUT2D eigenvalue weighted by atomic mass is 10.1. The smallest absolute Gasteiger partial charge is 0.433 e. The molecule has 2 aromatic rings. The third-order valence-corrected chi connectivity index (χ3v) is 4.62. The molecule has 1 unspecified atom stereocenters. The van der Waals surface area contributed by atoms with E-state index in [1.165, 1.54) is 12.4 Å². The van der Waals surface area contributed by atoms with Crippen LogP contribution in [0.1, 0.15) is 65.8 Å². The molecule has 1 N–H and O–H groups in total. The molecule has 2 aromatic heterocycles. The maximum atomic E-state index is 12.4. The highest BCUT2D eigenvalue weighted by atomic mass is 19.4. The lowest BCUT2D eigenvalue weighted by molar-refractivity contribution is -0.141. The highest BCUT2D eigenvalue weighted by Crippen LogP contribution is 2.28. The Morgan fingerprint density at radius 2 is 1.89 bits per heavy atom. The van der Waals surface area contributed by atoms with Crippen LogP contribution in [0.4, 0.5) is 18.0 Å². The fraction of sp³-hybridized carbons (Fsp3) is 0.542. The van der Waals surface area contributed by atoms with E-state index in [-0.39, 0.29) is 18.2 Å². The van der Waals surface area contributed by atoms with Crippen LogP contribution < -0.4 is 5.32 Å². The van der Waals surface area contributed by atoms with Gasteiger partial charge in [0.15, 0.2) is 0 Å². The van der Waals surface area contributed by atoms with Crippen molar-refractivity contribution >= 4 is 12.5 Å². The number of carbonyl (C=O) groups excluding carboxylic acids is 2. The molecule has 0 radical (unpaired) electrons. The second-order valence-electron chi connectivity index (χ2n) is 8.49. The summed E-state index contributed by atoms with van der Waals surface area (Å²) in [6.45, 7) is 12.8. The molecule has 35 heavy (non-hydrogen) atoms. The largest absolute Gasteiger partial charge is 0.444 e. The van der Waals surface area contributed by atoms with Crippen molar-refractivity contribution in [2.75, 3.05) is 6.54 Å². The van der Waals surface area contributed by atoms with Crippen molar-refractivity contribution in [3.05, 3.63) is 42.1 Å². The molecule has 3 rings (SSSR count). The fourth-order valence-corrected chi connectivity index (χ4v) is 3.04. The van der Waals surface area contributed by atoms with Crippen LogP contribution in [0.15, 0.2) is 30.7 Å². The molecular weight excluding hydrogens is 463 g/mol. The van der Waals surface area contributed by atoms with Crippen molar-refractivity contribution in [2.45, 2.75) is 78.7 Å². The quantitative estimate of drug-likeness (QED) is 0.581. The molecule has 0 saturated carbocycles. The first-order valence-electron chi connectivity index (χ1n) is 11.4. The first kappa shape index (κ1) is 29.8. The Morgan fingerprint density at radius 3 is 2.37 bits per heavy atom. The molecular formula is C24H34F3N5O3. The minimum atomic E-state index is -4.47. The van der Waals surface area contributed by atoms with Crippen LogP contribution in [0.25, 0.3) is 11.3 Å². The van der Waals surface area contributed by atoms with E-state index in [4.69, 9.17) is 4.74 Å². The number of nitrogens with one attached hydrogen (secondary N) is 1. The number of halogens is 3. The Kier molecular flexibility index (Phi) is 11.6. The van der Waals surface area contributed by atoms with Gasteiger partial charge in [-0.2, -0.15) is 13.2 Å². The summed E-state index contributed by atoms with van der Waals surface area (Å²) in [6, 6.07) is 4.09. The van der Waals surface area contributed by atoms with Gasteiger partial charge in [0.1, 0.15) is 17.6 Å². The molecule has 0 aliphatic carbocycles. The first-order chi connectivity index (χ1) is 16.4. The Labute approximate surface area is 204 Å². The minimum Gasteiger partial charge on any atom is -0.444 e. The Morgan fingerprint density at radius 1 is 1.20 bits per heavy atom. The van der Waals surface area contributed by atoms with Gasteiger partial charge in [-0.3, -0.25) is 9.78 Å². The van der Waals surface area contributed by atoms with Gasteiger partial charge in [-0.1, -0.05) is 13.8 Å². The van der Waals surface area contributed by atoms with Crippen molar-refractivity contribution in [1.82, 2.24) is 25.2 Å². The standard InChI is InChI=1S/C12H9F3N4O.C10H19NO2.C2H6/c13-12(14,15)11-2-1-8(4-17-11)10-3-9(5-16-7-20)18-6-19-10;1-8-6-5-7-11(8)9(12)13-10(2,3)4;1-2/h1-4,6-7H,5H2,(H,16,20);8H,5-7H2,1-4H3;1-2H3. The van der Waals surface area contributed by atoms with Gasteiger partial charge in [0.2, 0.25) is 6.41 Å². The lowest BCUT2D eigenvalue weighted by Gasteiger charge is -2.26. The van der Waals surface area contributed by atoms with Crippen molar-refractivity contribution in [1.29, 1.82) is 0 Å². The summed E-state index contributed by atoms with van der Waals surface area (Å²) in [7, 11) is 0. The summed E-state index contributed by atoms with van der Waals surface area (Å²) >= 11 is 0. The molecule has 0 aromatic carbocycles. The molecule has 2 amide bonds. The second kappa shape index (κ2) is 13.6. The second-order valence-corrected chi connectivity index (χ2v) is 8.49. The Hall–Kier alpha value is -3.24. The number of pyridine rings is 1. The molecule has 194 valence electrons. The summed E-state index contributed by atoms with van der Waals surface area (Å²) in [4.78, 5) is 34.8. The lowest BCUT2D eigenvalue weighted by Crippen LogP contribution is -2.38. The van der Waals surface area contributed by atoms with E-state index in [2.05, 4.69) is 27.2 Å². The number of carbonyl (C=O) groups is 2. The number of amides is 2. The number of aromatic nitrogens is 3. The predicted octanol–water partition coefficient (Wildman–Crippen LogP) is 5.24. The number of likely N-dealkylation sites (tertiary alicyclic amines) is 1. The molecule has 0 spiro atoms. The summed E-state index contributed by atoms with van der Waals surface area (Å²) in [5, 5.41) is 2.44. The topological polar surface area (TPSA) is 97.3 Å². The van der Waals surface area contributed by atoms with Crippen LogP contribution in [0, 0.1) is 0 Å². The van der Waals surface area contributed by atoms with Crippen molar-refractivity contribution in [3.8, 4) is 11.3 Å². The number of alkyl halides is 3. The first-order valence-corrected chi connectivity index (χ1v) is 11.4. The third kappa shape index (κ3) is 10.3. The number of hydrogen-bond donors (Lipinski definition) is 1. The number of hydrogen-bond acceptors (Lipinski definition) is 6. The van der Waals surface area contributed by atoms with E-state index >= 15 is 0 Å². The summed E-state index contributed by atoms with van der Waals surface area (Å²) in [5.74, 6) is 0. The average molecular weight is 498 g/mol. The molecule has 1 atom stereocenters. The predicted molar refractivity (Wildman–Crippen MR) is 126 cm³/mol. The maximum Gasteiger partial charge on any atom is 0.433 e. The molecule has 3 heterocycles. The molecule has 1 aliphatic heterocycles. The normalized spacial score (nSPS) is 15.2. The van der Waals surface area contributed by atoms with Gasteiger partial charge < -0.3 is 15.0 Å². The Bertz CT molecular complexity index is 931. The van der Waals surface area contributed by atoms with Crippen LogP contribution in [0.3, 0.4) is 0 Å². The minimum absolute atomic E-state index is 0.169. The Balaban J connectivity index is 0.000000354. The summed E-state index contributed by atoms with van der Waals surface area (Å²) < 4.78 is 42.5. The van der Waals surface area contributed by atoms with Gasteiger partial charge in [-0.25, -0.2) is 14.8 Å². The number of ether oxygens (including phenoxy) is 1. The monoisotopic (exact) mass is 497 g/mol. The van der Waals surface area contributed by atoms with E-state index in [9.17, 15) is 22.8 Å². The molecule has 8 nitrogen and oxygen atoms in total. The van der Waals surface area contributed by atoms with Gasteiger partial charge in [0.25, 0.3) is 0 Å². The number of nitrogens with zero attached hydrogens (tertiary/aromatic N) is 4. The zero-order valence-electron chi connectivity index (χ0n) is 21.0. The van der Waals surface area contributed by atoms with Crippen LogP contribution in [-0.4, -0.2) is 50.5 Å². The van der Waals surface area contributed by atoms with Gasteiger partial charge in [0, 0.05) is 24.3 Å². The maximum absolute atomic E-state index is 12.4. The van der Waals surface area contributed by atoms with E-state index in [1.54, 1.807) is 6.07 Å². The van der Waals surface area contributed by atoms with Gasteiger partial charge in [-0.05, 0) is 58.7 Å². The molecule has 1 fully saturated rings. The van der Waals surface area contributed by atoms with E-state index < -0.39 is 11.9 Å². The van der Waals surface area contributed by atoms with Crippen LogP contribution in [-0.2, 0) is 22.3 Å². The molecule has 1 saturated heterocycles. The highest BCUT2D eigenvalue weighted by molar-refractivity contribution is 5.68. The summed E-state index contributed by atoms with van der Waals surface area (Å²) in [5.41, 5.74) is 0.0798. The average Bonchev–Trinajstić information content (AvgIpc) is 3.24. The molecule has 1 aliphatic rings. The van der Waals surface area contributed by atoms with Gasteiger partial charge in [0.05, 0.1) is 17.9 Å². The molecule has 11 heteroatoms. The molecule has 0 bridgehead atoms. The van der Waals surface area contributed by atoms with Crippen molar-refractivity contribution in [3.63, 3.8) is 0 Å². The number of rotatable bonds is 4. The van der Waals surface area contributed by atoms with E-state index in [0.717, 1.165) is 31.6 Å². The third-order valence-electron chi connectivity index (χ3n) is 4.62. The van der Waals surface area contributed by atoms with Crippen LogP contribution in [0.5, 0.6) is 0 Å². The highest BCUT2D eigenvalue weighted by Gasteiger charge is 2.32. The van der Waals surface area contributed by atoms with Crippen LogP contribution in [0.2, 0.25) is 0 Å². The zero-order valence-corrected chi connectivity index (χ0v) is 21.0. The van der Waals surface area contributed by atoms with Crippen molar-refractivity contribution in [2.24, 2.45) is 0 Å². The van der Waals surface area contributed by atoms with Crippen molar-refractivity contribution < 1.29 is 27.5 Å². The SMILES string of the molecule is CC.CC1CCCN1C(=O)OC(C)(C)C.O=CNCc1cc(-c2ccc(C(F)(F)F)nc2)ncn1. The van der Waals surface area contributed by atoms with E-state index in [0.29, 0.717) is 29.4 Å². The van der Waals surface area contributed by atoms with Gasteiger partial charge >= 0.3 is 12.3 Å². The fourth-order valence-electron chi connectivity index (χ4n) is 3.04. The van der Waals surface area contributed by atoms with Gasteiger partial charge in [-0.15, -0.1) is 0 Å². The van der Waals surface area contributed by atoms with Crippen LogP contribution >= 0.6 is 0 Å². The summed E-state index contributed by atoms with van der Waals surface area (Å²) in [6.07, 6.45) is 0.457.